The maximum absolute atomic E-state index is 5.98. The zero-order valence-corrected chi connectivity index (χ0v) is 9.84. The Labute approximate surface area is 88.8 Å². The first-order valence-electron chi connectivity index (χ1n) is 6.24. The van der Waals surface area contributed by atoms with Gasteiger partial charge in [0.05, 0.1) is 0 Å². The summed E-state index contributed by atoms with van der Waals surface area (Å²) in [5.74, 6) is 0.901. The molecule has 0 saturated carbocycles. The topological polar surface area (TPSA) is 29.3 Å². The van der Waals surface area contributed by atoms with Crippen LogP contribution in [0.4, 0.5) is 0 Å². The Morgan fingerprint density at radius 3 is 2.43 bits per heavy atom. The Bertz CT molecular complexity index is 139. The second-order valence-corrected chi connectivity index (χ2v) is 4.69. The van der Waals surface area contributed by atoms with Crippen molar-refractivity contribution in [3.05, 3.63) is 0 Å². The van der Waals surface area contributed by atoms with Gasteiger partial charge in [-0.3, -0.25) is 0 Å². The molecule has 0 aliphatic carbocycles. The van der Waals surface area contributed by atoms with Gasteiger partial charge in [0.2, 0.25) is 0 Å². The largest absolute Gasteiger partial charge is 0.328 e. The van der Waals surface area contributed by atoms with E-state index in [-0.39, 0.29) is 0 Å². The predicted molar refractivity (Wildman–Crippen MR) is 62.3 cm³/mol. The highest BCUT2D eigenvalue weighted by Crippen LogP contribution is 2.22. The van der Waals surface area contributed by atoms with Crippen molar-refractivity contribution in [3.8, 4) is 0 Å². The van der Waals surface area contributed by atoms with Crippen molar-refractivity contribution in [1.29, 1.82) is 0 Å². The van der Waals surface area contributed by atoms with Gasteiger partial charge in [-0.2, -0.15) is 0 Å². The van der Waals surface area contributed by atoms with Crippen molar-refractivity contribution < 1.29 is 0 Å². The van der Waals surface area contributed by atoms with Crippen LogP contribution in [0.2, 0.25) is 0 Å². The van der Waals surface area contributed by atoms with Crippen LogP contribution in [-0.4, -0.2) is 30.6 Å². The molecule has 1 unspecified atom stereocenters. The van der Waals surface area contributed by atoms with Crippen LogP contribution >= 0.6 is 0 Å². The van der Waals surface area contributed by atoms with E-state index in [1.54, 1.807) is 0 Å². The average molecular weight is 198 g/mol. The summed E-state index contributed by atoms with van der Waals surface area (Å²) in [7, 11) is 0. The van der Waals surface area contributed by atoms with Crippen LogP contribution in [0.25, 0.3) is 0 Å². The summed E-state index contributed by atoms with van der Waals surface area (Å²) < 4.78 is 0. The lowest BCUT2D eigenvalue weighted by Gasteiger charge is -2.32. The van der Waals surface area contributed by atoms with E-state index in [0.717, 1.165) is 12.3 Å². The first-order chi connectivity index (χ1) is 6.76. The van der Waals surface area contributed by atoms with Gasteiger partial charge in [0, 0.05) is 6.04 Å². The molecule has 0 aromatic rings. The summed E-state index contributed by atoms with van der Waals surface area (Å²) in [6.07, 6.45) is 6.41. The third-order valence-corrected chi connectivity index (χ3v) is 3.41. The van der Waals surface area contributed by atoms with Crippen LogP contribution in [0.1, 0.15) is 46.0 Å². The van der Waals surface area contributed by atoms with Crippen molar-refractivity contribution in [1.82, 2.24) is 4.90 Å². The molecule has 84 valence electrons. The fourth-order valence-electron chi connectivity index (χ4n) is 2.36. The zero-order valence-electron chi connectivity index (χ0n) is 9.84. The van der Waals surface area contributed by atoms with Crippen LogP contribution in [0.3, 0.4) is 0 Å². The summed E-state index contributed by atoms with van der Waals surface area (Å²) in [6.45, 7) is 8.34. The van der Waals surface area contributed by atoms with E-state index in [1.165, 1.54) is 45.3 Å². The van der Waals surface area contributed by atoms with Crippen molar-refractivity contribution in [2.75, 3.05) is 19.6 Å². The molecule has 0 spiro atoms. The molecule has 0 bridgehead atoms. The average Bonchev–Trinajstić information content (AvgIpc) is 2.21. The van der Waals surface area contributed by atoms with Crippen LogP contribution in [0.15, 0.2) is 0 Å². The summed E-state index contributed by atoms with van der Waals surface area (Å²) in [4.78, 5) is 2.59. The molecule has 0 aromatic heterocycles. The van der Waals surface area contributed by atoms with Crippen molar-refractivity contribution in [2.24, 2.45) is 11.7 Å². The Kier molecular flexibility index (Phi) is 5.49. The quantitative estimate of drug-likeness (QED) is 0.734. The fraction of sp³-hybridized carbons (Fsp3) is 1.00. The van der Waals surface area contributed by atoms with Crippen LogP contribution in [-0.2, 0) is 0 Å². The third-order valence-electron chi connectivity index (χ3n) is 3.41. The third kappa shape index (κ3) is 3.97. The second kappa shape index (κ2) is 6.41. The maximum Gasteiger partial charge on any atom is 0.00388 e. The van der Waals surface area contributed by atoms with E-state index in [2.05, 4.69) is 18.7 Å². The van der Waals surface area contributed by atoms with Crippen molar-refractivity contribution >= 4 is 0 Å². The number of hydrogen-bond donors (Lipinski definition) is 1. The standard InChI is InChI=1S/C12H26N2/c1-3-7-14-8-5-11(6-9-14)10-12(13)4-2/h11-12H,3-10,13H2,1-2H3. The molecule has 1 heterocycles. The maximum atomic E-state index is 5.98. The SMILES string of the molecule is CCCN1CCC(CC(N)CC)CC1. The van der Waals surface area contributed by atoms with Gasteiger partial charge in [-0.15, -0.1) is 0 Å². The van der Waals surface area contributed by atoms with Gasteiger partial charge in [-0.25, -0.2) is 0 Å². The van der Waals surface area contributed by atoms with E-state index < -0.39 is 0 Å². The number of likely N-dealkylation sites (tertiary alicyclic amines) is 1. The smallest absolute Gasteiger partial charge is 0.00388 e. The molecular weight excluding hydrogens is 172 g/mol. The number of hydrogen-bond acceptors (Lipinski definition) is 2. The number of nitrogens with two attached hydrogens (primary N) is 1. The van der Waals surface area contributed by atoms with Gasteiger partial charge in [0.15, 0.2) is 0 Å². The molecule has 2 heteroatoms. The number of rotatable bonds is 5. The van der Waals surface area contributed by atoms with Gasteiger partial charge >= 0.3 is 0 Å². The molecule has 1 aliphatic heterocycles. The van der Waals surface area contributed by atoms with Gasteiger partial charge in [0.25, 0.3) is 0 Å². The lowest BCUT2D eigenvalue weighted by atomic mass is 9.90. The van der Waals surface area contributed by atoms with E-state index in [4.69, 9.17) is 5.73 Å². The molecular formula is C12H26N2. The minimum atomic E-state index is 0.442. The Hall–Kier alpha value is -0.0800. The predicted octanol–water partition coefficient (Wildman–Crippen LogP) is 2.24. The highest BCUT2D eigenvalue weighted by molar-refractivity contribution is 4.75. The minimum absolute atomic E-state index is 0.442. The molecule has 1 saturated heterocycles. The highest BCUT2D eigenvalue weighted by atomic mass is 15.1. The van der Waals surface area contributed by atoms with E-state index in [9.17, 15) is 0 Å². The van der Waals surface area contributed by atoms with Crippen LogP contribution in [0, 0.1) is 5.92 Å². The molecule has 1 aliphatic rings. The lowest BCUT2D eigenvalue weighted by Crippen LogP contribution is -2.36. The molecule has 2 nitrogen and oxygen atoms in total. The van der Waals surface area contributed by atoms with Gasteiger partial charge in [-0.05, 0) is 57.7 Å². The monoisotopic (exact) mass is 198 g/mol. The van der Waals surface area contributed by atoms with E-state index in [0.29, 0.717) is 6.04 Å². The summed E-state index contributed by atoms with van der Waals surface area (Å²) in [6, 6.07) is 0.442. The number of nitrogens with zero attached hydrogens (tertiary/aromatic N) is 1. The zero-order chi connectivity index (χ0) is 10.4. The fourth-order valence-corrected chi connectivity index (χ4v) is 2.36. The van der Waals surface area contributed by atoms with Gasteiger partial charge < -0.3 is 10.6 Å². The molecule has 14 heavy (non-hydrogen) atoms. The minimum Gasteiger partial charge on any atom is -0.328 e. The van der Waals surface area contributed by atoms with Crippen LogP contribution < -0.4 is 5.73 Å². The Morgan fingerprint density at radius 1 is 1.29 bits per heavy atom. The second-order valence-electron chi connectivity index (χ2n) is 4.69. The molecule has 1 fully saturated rings. The van der Waals surface area contributed by atoms with E-state index >= 15 is 0 Å². The molecule has 1 atom stereocenters. The van der Waals surface area contributed by atoms with Gasteiger partial charge in [0.1, 0.15) is 0 Å². The molecule has 0 radical (unpaired) electrons. The molecule has 1 rings (SSSR count). The Balaban J connectivity index is 2.15. The molecule has 0 amide bonds. The van der Waals surface area contributed by atoms with E-state index in [1.807, 2.05) is 0 Å². The summed E-state index contributed by atoms with van der Waals surface area (Å²) in [5, 5.41) is 0. The Morgan fingerprint density at radius 2 is 1.93 bits per heavy atom. The first-order valence-corrected chi connectivity index (χ1v) is 6.24. The van der Waals surface area contributed by atoms with Gasteiger partial charge in [-0.1, -0.05) is 13.8 Å². The lowest BCUT2D eigenvalue weighted by molar-refractivity contribution is 0.174. The summed E-state index contributed by atoms with van der Waals surface area (Å²) in [5.41, 5.74) is 5.98. The van der Waals surface area contributed by atoms with Crippen LogP contribution in [0.5, 0.6) is 0 Å². The first kappa shape index (κ1) is 12.0. The highest BCUT2D eigenvalue weighted by Gasteiger charge is 2.19. The van der Waals surface area contributed by atoms with Crippen molar-refractivity contribution in [3.63, 3.8) is 0 Å². The summed E-state index contributed by atoms with van der Waals surface area (Å²) >= 11 is 0. The number of piperidine rings is 1. The molecule has 0 aromatic carbocycles. The van der Waals surface area contributed by atoms with Crippen molar-refractivity contribution in [2.45, 2.75) is 52.0 Å². The normalized spacial score (nSPS) is 22.5. The molecule has 2 N–H and O–H groups in total.